The number of carbonyl (C=O) groups excluding carboxylic acids is 1. The summed E-state index contributed by atoms with van der Waals surface area (Å²) in [4.78, 5) is 13.4. The van der Waals surface area contributed by atoms with Gasteiger partial charge >= 0.3 is 0 Å². The SMILES string of the molecule is COc1cc(CCC(=O)Nc2cccc(C#Cc3cccs3)c2)cc(OC)c1. The van der Waals surface area contributed by atoms with Crippen LogP contribution in [0, 0.1) is 11.8 Å². The monoisotopic (exact) mass is 391 g/mol. The van der Waals surface area contributed by atoms with Gasteiger partial charge in [-0.3, -0.25) is 4.79 Å². The standard InChI is InChI=1S/C23H21NO3S/c1-26-20-14-18(15-21(16-20)27-2)9-11-23(25)24-19-6-3-5-17(13-19)8-10-22-7-4-12-28-22/h3-7,12-16H,9,11H2,1-2H3,(H,24,25). The van der Waals surface area contributed by atoms with Crippen LogP contribution in [0.3, 0.4) is 0 Å². The van der Waals surface area contributed by atoms with Crippen LogP contribution in [0.2, 0.25) is 0 Å². The number of carbonyl (C=O) groups is 1. The van der Waals surface area contributed by atoms with E-state index >= 15 is 0 Å². The lowest BCUT2D eigenvalue weighted by atomic mass is 10.1. The Morgan fingerprint density at radius 3 is 2.46 bits per heavy atom. The molecule has 0 aliphatic carbocycles. The van der Waals surface area contributed by atoms with Crippen molar-refractivity contribution in [3.05, 3.63) is 76.0 Å². The van der Waals surface area contributed by atoms with Crippen LogP contribution in [0.5, 0.6) is 11.5 Å². The zero-order valence-corrected chi connectivity index (χ0v) is 16.6. The predicted octanol–water partition coefficient (Wildman–Crippen LogP) is 4.74. The van der Waals surface area contributed by atoms with Crippen LogP contribution in [0.4, 0.5) is 5.69 Å². The summed E-state index contributed by atoms with van der Waals surface area (Å²) in [6.07, 6.45) is 0.957. The fourth-order valence-corrected chi connectivity index (χ4v) is 3.22. The lowest BCUT2D eigenvalue weighted by Gasteiger charge is -2.09. The van der Waals surface area contributed by atoms with Gasteiger partial charge in [-0.25, -0.2) is 0 Å². The fourth-order valence-electron chi connectivity index (χ4n) is 2.65. The molecule has 142 valence electrons. The molecule has 28 heavy (non-hydrogen) atoms. The molecule has 1 amide bonds. The minimum absolute atomic E-state index is 0.0508. The number of benzene rings is 2. The molecule has 0 spiro atoms. The molecule has 0 fully saturated rings. The third kappa shape index (κ3) is 5.63. The molecule has 0 unspecified atom stereocenters. The summed E-state index contributed by atoms with van der Waals surface area (Å²) in [6.45, 7) is 0. The third-order valence-corrected chi connectivity index (χ3v) is 4.83. The van der Waals surface area contributed by atoms with Crippen molar-refractivity contribution in [1.82, 2.24) is 0 Å². The molecular formula is C23H21NO3S. The maximum Gasteiger partial charge on any atom is 0.224 e. The number of rotatable bonds is 6. The van der Waals surface area contributed by atoms with E-state index in [0.717, 1.165) is 21.7 Å². The minimum atomic E-state index is -0.0508. The van der Waals surface area contributed by atoms with Crippen LogP contribution in [0.1, 0.15) is 22.4 Å². The van der Waals surface area contributed by atoms with Crippen molar-refractivity contribution in [3.8, 4) is 23.3 Å². The second-order valence-corrected chi connectivity index (χ2v) is 7.02. The first-order chi connectivity index (χ1) is 13.7. The highest BCUT2D eigenvalue weighted by molar-refractivity contribution is 7.10. The molecule has 0 bridgehead atoms. The molecule has 5 heteroatoms. The number of thiophene rings is 1. The smallest absolute Gasteiger partial charge is 0.224 e. The van der Waals surface area contributed by atoms with E-state index in [4.69, 9.17) is 9.47 Å². The fraction of sp³-hybridized carbons (Fsp3) is 0.174. The number of anilines is 1. The molecule has 0 aliphatic rings. The van der Waals surface area contributed by atoms with Crippen molar-refractivity contribution in [2.45, 2.75) is 12.8 Å². The van der Waals surface area contributed by atoms with Gasteiger partial charge in [0.1, 0.15) is 11.5 Å². The van der Waals surface area contributed by atoms with E-state index in [1.165, 1.54) is 0 Å². The van der Waals surface area contributed by atoms with Crippen LogP contribution in [-0.4, -0.2) is 20.1 Å². The minimum Gasteiger partial charge on any atom is -0.497 e. The molecular weight excluding hydrogens is 370 g/mol. The zero-order chi connectivity index (χ0) is 19.8. The molecule has 2 aromatic carbocycles. The van der Waals surface area contributed by atoms with Crippen LogP contribution in [-0.2, 0) is 11.2 Å². The summed E-state index contributed by atoms with van der Waals surface area (Å²) >= 11 is 1.61. The first-order valence-electron chi connectivity index (χ1n) is 8.83. The van der Waals surface area contributed by atoms with Gasteiger partial charge in [-0.15, -0.1) is 11.3 Å². The first-order valence-corrected chi connectivity index (χ1v) is 9.71. The van der Waals surface area contributed by atoms with Crippen molar-refractivity contribution in [3.63, 3.8) is 0 Å². The van der Waals surface area contributed by atoms with Gasteiger partial charge in [0.15, 0.2) is 0 Å². The van der Waals surface area contributed by atoms with E-state index in [9.17, 15) is 4.79 Å². The molecule has 0 aliphatic heterocycles. The van der Waals surface area contributed by atoms with Crippen LogP contribution >= 0.6 is 11.3 Å². The van der Waals surface area contributed by atoms with E-state index < -0.39 is 0 Å². The van der Waals surface area contributed by atoms with Gasteiger partial charge in [-0.2, -0.15) is 0 Å². The van der Waals surface area contributed by atoms with Gasteiger partial charge in [-0.1, -0.05) is 24.0 Å². The lowest BCUT2D eigenvalue weighted by Crippen LogP contribution is -2.12. The zero-order valence-electron chi connectivity index (χ0n) is 15.8. The molecule has 4 nitrogen and oxygen atoms in total. The Labute approximate surface area is 169 Å². The number of aryl methyl sites for hydroxylation is 1. The number of hydrogen-bond donors (Lipinski definition) is 1. The predicted molar refractivity (Wildman–Crippen MR) is 113 cm³/mol. The third-order valence-electron chi connectivity index (χ3n) is 4.05. The summed E-state index contributed by atoms with van der Waals surface area (Å²) in [5.41, 5.74) is 2.59. The molecule has 0 saturated heterocycles. The highest BCUT2D eigenvalue weighted by Crippen LogP contribution is 2.23. The second kappa shape index (κ2) is 9.63. The maximum atomic E-state index is 12.3. The highest BCUT2D eigenvalue weighted by Gasteiger charge is 2.07. The lowest BCUT2D eigenvalue weighted by molar-refractivity contribution is -0.116. The van der Waals surface area contributed by atoms with Gasteiger partial charge in [0.2, 0.25) is 5.91 Å². The summed E-state index contributed by atoms with van der Waals surface area (Å²) in [5.74, 6) is 7.63. The Hall–Kier alpha value is -3.23. The van der Waals surface area contributed by atoms with Crippen molar-refractivity contribution in [2.24, 2.45) is 0 Å². The average Bonchev–Trinajstić information content (AvgIpc) is 3.24. The number of methoxy groups -OCH3 is 2. The van der Waals surface area contributed by atoms with Gasteiger partial charge < -0.3 is 14.8 Å². The number of ether oxygens (including phenoxy) is 2. The quantitative estimate of drug-likeness (QED) is 0.618. The Bertz CT molecular complexity index is 978. The molecule has 1 heterocycles. The van der Waals surface area contributed by atoms with Crippen molar-refractivity contribution < 1.29 is 14.3 Å². The van der Waals surface area contributed by atoms with Gasteiger partial charge in [0, 0.05) is 23.7 Å². The van der Waals surface area contributed by atoms with E-state index in [-0.39, 0.29) is 5.91 Å². The van der Waals surface area contributed by atoms with Crippen LogP contribution < -0.4 is 14.8 Å². The molecule has 3 rings (SSSR count). The Morgan fingerprint density at radius 1 is 1.00 bits per heavy atom. The summed E-state index contributed by atoms with van der Waals surface area (Å²) in [5, 5.41) is 4.93. The number of nitrogens with one attached hydrogen (secondary N) is 1. The summed E-state index contributed by atoms with van der Waals surface area (Å²) < 4.78 is 10.5. The van der Waals surface area contributed by atoms with Gasteiger partial charge in [0.25, 0.3) is 0 Å². The first kappa shape index (κ1) is 19.5. The Kier molecular flexibility index (Phi) is 6.72. The van der Waals surface area contributed by atoms with E-state index in [2.05, 4.69) is 17.2 Å². The summed E-state index contributed by atoms with van der Waals surface area (Å²) in [6, 6.07) is 17.2. The highest BCUT2D eigenvalue weighted by atomic mass is 32.1. The number of amides is 1. The molecule has 3 aromatic rings. The van der Waals surface area contributed by atoms with Crippen LogP contribution in [0.15, 0.2) is 60.0 Å². The average molecular weight is 391 g/mol. The number of hydrogen-bond acceptors (Lipinski definition) is 4. The van der Waals surface area contributed by atoms with Crippen LogP contribution in [0.25, 0.3) is 0 Å². The van der Waals surface area contributed by atoms with E-state index in [0.29, 0.717) is 24.3 Å². The Morgan fingerprint density at radius 2 is 1.79 bits per heavy atom. The molecule has 1 aromatic heterocycles. The summed E-state index contributed by atoms with van der Waals surface area (Å²) in [7, 11) is 3.22. The maximum absolute atomic E-state index is 12.3. The van der Waals surface area contributed by atoms with Crippen molar-refractivity contribution >= 4 is 22.9 Å². The van der Waals surface area contributed by atoms with Crippen molar-refractivity contribution in [2.75, 3.05) is 19.5 Å². The topological polar surface area (TPSA) is 47.6 Å². The largest absolute Gasteiger partial charge is 0.497 e. The van der Waals surface area contributed by atoms with Gasteiger partial charge in [-0.05, 0) is 53.8 Å². The normalized spacial score (nSPS) is 9.93. The van der Waals surface area contributed by atoms with E-state index in [1.54, 1.807) is 25.6 Å². The molecule has 0 radical (unpaired) electrons. The molecule has 0 atom stereocenters. The molecule has 1 N–H and O–H groups in total. The second-order valence-electron chi connectivity index (χ2n) is 6.08. The Balaban J connectivity index is 1.60. The molecule has 0 saturated carbocycles. The van der Waals surface area contributed by atoms with Gasteiger partial charge in [0.05, 0.1) is 19.1 Å². The van der Waals surface area contributed by atoms with Crippen molar-refractivity contribution in [1.29, 1.82) is 0 Å². The van der Waals surface area contributed by atoms with E-state index in [1.807, 2.05) is 60.0 Å².